The second kappa shape index (κ2) is 8.20. The van der Waals surface area contributed by atoms with E-state index in [2.05, 4.69) is 9.88 Å². The van der Waals surface area contributed by atoms with E-state index in [-0.39, 0.29) is 5.91 Å². The van der Waals surface area contributed by atoms with Crippen LogP contribution in [0.4, 0.5) is 5.69 Å². The maximum absolute atomic E-state index is 13.2. The molecule has 4 aliphatic rings. The van der Waals surface area contributed by atoms with Crippen molar-refractivity contribution in [3.8, 4) is 0 Å². The van der Waals surface area contributed by atoms with Gasteiger partial charge in [0.05, 0.1) is 0 Å². The fourth-order valence-corrected chi connectivity index (χ4v) is 6.73. The molecule has 2 bridgehead atoms. The third-order valence-electron chi connectivity index (χ3n) is 8.09. The van der Waals surface area contributed by atoms with Gasteiger partial charge < -0.3 is 15.5 Å². The van der Waals surface area contributed by atoms with E-state index in [0.717, 1.165) is 44.7 Å². The number of carbonyl (C=O) groups excluding carboxylic acids is 2. The number of piperidine rings is 3. The molecule has 1 saturated carbocycles. The Kier molecular flexibility index (Phi) is 5.42. The van der Waals surface area contributed by atoms with Crippen LogP contribution in [-0.2, 0) is 4.79 Å². The van der Waals surface area contributed by atoms with Crippen molar-refractivity contribution in [3.05, 3.63) is 24.0 Å². The molecule has 0 unspecified atom stereocenters. The largest absolute Gasteiger partial charge is 0.399 e. The van der Waals surface area contributed by atoms with Gasteiger partial charge in [-0.1, -0.05) is 32.1 Å². The second-order valence-corrected chi connectivity index (χ2v) is 10.0. The number of anilines is 1. The molecular weight excluding hydrogens is 376 g/mol. The molecule has 4 fully saturated rings. The van der Waals surface area contributed by atoms with Gasteiger partial charge in [-0.25, -0.2) is 0 Å². The highest BCUT2D eigenvalue weighted by Crippen LogP contribution is 2.44. The minimum atomic E-state index is -0.0102. The van der Waals surface area contributed by atoms with Crippen LogP contribution in [0, 0.1) is 17.8 Å². The quantitative estimate of drug-likeness (QED) is 0.827. The van der Waals surface area contributed by atoms with E-state index in [1.165, 1.54) is 32.1 Å². The maximum atomic E-state index is 13.2. The Morgan fingerprint density at radius 1 is 1.10 bits per heavy atom. The Balaban J connectivity index is 1.40. The van der Waals surface area contributed by atoms with Gasteiger partial charge in [-0.3, -0.25) is 14.6 Å². The smallest absolute Gasteiger partial charge is 0.272 e. The number of aromatic nitrogens is 1. The Morgan fingerprint density at radius 3 is 2.70 bits per heavy atom. The van der Waals surface area contributed by atoms with Crippen molar-refractivity contribution in [2.45, 2.75) is 76.3 Å². The zero-order chi connectivity index (χ0) is 20.7. The number of hydrogen-bond donors (Lipinski definition) is 1. The van der Waals surface area contributed by atoms with Gasteiger partial charge in [0.15, 0.2) is 0 Å². The zero-order valence-electron chi connectivity index (χ0n) is 17.8. The highest BCUT2D eigenvalue weighted by molar-refractivity contribution is 5.93. The topological polar surface area (TPSA) is 79.5 Å². The lowest BCUT2D eigenvalue weighted by Gasteiger charge is -2.57. The Bertz CT molecular complexity index is 806. The van der Waals surface area contributed by atoms with E-state index in [4.69, 9.17) is 5.73 Å². The molecule has 4 atom stereocenters. The van der Waals surface area contributed by atoms with Crippen molar-refractivity contribution < 1.29 is 9.59 Å². The average molecular weight is 411 g/mol. The van der Waals surface area contributed by atoms with E-state index in [9.17, 15) is 9.59 Å². The van der Waals surface area contributed by atoms with E-state index < -0.39 is 0 Å². The SMILES string of the molecule is Nc1ccnc(C(=O)N2C[C@H]3C[C@@H](C2)[C@H](CC2CCCCC2)N2C(=O)CCC[C@@H]32)c1. The summed E-state index contributed by atoms with van der Waals surface area (Å²) in [5, 5.41) is 0. The van der Waals surface area contributed by atoms with Gasteiger partial charge in [-0.05, 0) is 55.6 Å². The number of amides is 2. The Morgan fingerprint density at radius 2 is 1.90 bits per heavy atom. The highest BCUT2D eigenvalue weighted by Gasteiger charge is 2.50. The van der Waals surface area contributed by atoms with Crippen molar-refractivity contribution in [2.24, 2.45) is 17.8 Å². The van der Waals surface area contributed by atoms with Gasteiger partial charge in [0.1, 0.15) is 5.69 Å². The molecule has 0 aromatic carbocycles. The van der Waals surface area contributed by atoms with Crippen LogP contribution in [0.5, 0.6) is 0 Å². The summed E-state index contributed by atoms with van der Waals surface area (Å²) in [5.74, 6) is 1.86. The standard InChI is InChI=1S/C24H34N4O2/c25-19-9-10-26-20(13-19)24(30)27-14-17-12-18(15-27)22(11-16-5-2-1-3-6-16)28-21(17)7-4-8-23(28)29/h9-10,13,16-18,21-22H,1-8,11-12,14-15H2,(H2,25,26)/t17-,18+,21+,22+/m1/s1. The van der Waals surface area contributed by atoms with E-state index in [0.29, 0.717) is 47.6 Å². The first-order valence-electron chi connectivity index (χ1n) is 11.9. The highest BCUT2D eigenvalue weighted by atomic mass is 16.2. The Hall–Kier alpha value is -2.11. The summed E-state index contributed by atoms with van der Waals surface area (Å²) in [5.41, 5.74) is 6.91. The molecule has 1 aromatic rings. The maximum Gasteiger partial charge on any atom is 0.272 e. The Labute approximate surface area is 179 Å². The van der Waals surface area contributed by atoms with E-state index in [1.807, 2.05) is 4.90 Å². The number of carbonyl (C=O) groups is 2. The lowest BCUT2D eigenvalue weighted by Crippen LogP contribution is -2.65. The normalized spacial score (nSPS) is 32.1. The molecule has 6 heteroatoms. The summed E-state index contributed by atoms with van der Waals surface area (Å²) in [6.45, 7) is 1.47. The van der Waals surface area contributed by atoms with Gasteiger partial charge in [0, 0.05) is 43.5 Å². The van der Waals surface area contributed by atoms with Gasteiger partial charge in [-0.15, -0.1) is 0 Å². The monoisotopic (exact) mass is 410 g/mol. The summed E-state index contributed by atoms with van der Waals surface area (Å²) in [4.78, 5) is 34.8. The summed E-state index contributed by atoms with van der Waals surface area (Å²) in [6, 6.07) is 4.00. The van der Waals surface area contributed by atoms with Crippen LogP contribution in [0.25, 0.3) is 0 Å². The minimum Gasteiger partial charge on any atom is -0.399 e. The first-order valence-corrected chi connectivity index (χ1v) is 11.9. The minimum absolute atomic E-state index is 0.0102. The zero-order valence-corrected chi connectivity index (χ0v) is 17.8. The third kappa shape index (κ3) is 3.69. The molecule has 1 aromatic heterocycles. The molecule has 0 radical (unpaired) electrons. The fourth-order valence-electron chi connectivity index (χ4n) is 6.73. The lowest BCUT2D eigenvalue weighted by molar-refractivity contribution is -0.153. The van der Waals surface area contributed by atoms with Crippen LogP contribution in [0.2, 0.25) is 0 Å². The number of hydrogen-bond acceptors (Lipinski definition) is 4. The molecule has 3 aliphatic heterocycles. The first-order chi connectivity index (χ1) is 14.6. The molecule has 3 saturated heterocycles. The number of nitrogens with zero attached hydrogens (tertiary/aromatic N) is 3. The molecule has 4 heterocycles. The van der Waals surface area contributed by atoms with Gasteiger partial charge in [0.25, 0.3) is 5.91 Å². The van der Waals surface area contributed by atoms with E-state index >= 15 is 0 Å². The van der Waals surface area contributed by atoms with Crippen molar-refractivity contribution in [1.29, 1.82) is 0 Å². The van der Waals surface area contributed by atoms with Crippen molar-refractivity contribution >= 4 is 17.5 Å². The molecule has 5 rings (SSSR count). The fraction of sp³-hybridized carbons (Fsp3) is 0.708. The second-order valence-electron chi connectivity index (χ2n) is 10.0. The van der Waals surface area contributed by atoms with Gasteiger partial charge in [0.2, 0.25) is 5.91 Å². The molecular formula is C24H34N4O2. The average Bonchev–Trinajstić information content (AvgIpc) is 2.77. The van der Waals surface area contributed by atoms with Gasteiger partial charge in [-0.2, -0.15) is 0 Å². The first kappa shape index (κ1) is 19.8. The number of fused-ring (bicyclic) bond motifs is 4. The van der Waals surface area contributed by atoms with Gasteiger partial charge >= 0.3 is 0 Å². The number of nitrogen functional groups attached to an aromatic ring is 1. The third-order valence-corrected chi connectivity index (χ3v) is 8.09. The van der Waals surface area contributed by atoms with Crippen molar-refractivity contribution in [2.75, 3.05) is 18.8 Å². The van der Waals surface area contributed by atoms with Crippen molar-refractivity contribution in [3.63, 3.8) is 0 Å². The number of pyridine rings is 1. The lowest BCUT2D eigenvalue weighted by atomic mass is 9.69. The van der Waals surface area contributed by atoms with Crippen molar-refractivity contribution in [1.82, 2.24) is 14.8 Å². The molecule has 0 spiro atoms. The molecule has 1 aliphatic carbocycles. The summed E-state index contributed by atoms with van der Waals surface area (Å²) in [7, 11) is 0. The number of rotatable bonds is 3. The predicted octanol–water partition coefficient (Wildman–Crippen LogP) is 3.48. The predicted molar refractivity (Wildman–Crippen MR) is 116 cm³/mol. The molecule has 2 N–H and O–H groups in total. The molecule has 162 valence electrons. The van der Waals surface area contributed by atoms with Crippen LogP contribution < -0.4 is 5.73 Å². The molecule has 30 heavy (non-hydrogen) atoms. The number of nitrogens with two attached hydrogens (primary N) is 1. The summed E-state index contributed by atoms with van der Waals surface area (Å²) < 4.78 is 0. The summed E-state index contributed by atoms with van der Waals surface area (Å²) in [6.07, 6.45) is 13.3. The molecule has 6 nitrogen and oxygen atoms in total. The van der Waals surface area contributed by atoms with Crippen LogP contribution in [0.1, 0.15) is 74.7 Å². The van der Waals surface area contributed by atoms with Crippen LogP contribution in [0.15, 0.2) is 18.3 Å². The van der Waals surface area contributed by atoms with Crippen LogP contribution in [-0.4, -0.2) is 51.8 Å². The molecule has 2 amide bonds. The van der Waals surface area contributed by atoms with E-state index in [1.54, 1.807) is 18.3 Å². The number of likely N-dealkylation sites (tertiary alicyclic amines) is 1. The van der Waals surface area contributed by atoms with Crippen LogP contribution >= 0.6 is 0 Å². The summed E-state index contributed by atoms with van der Waals surface area (Å²) >= 11 is 0. The van der Waals surface area contributed by atoms with Crippen LogP contribution in [0.3, 0.4) is 0 Å².